The van der Waals surface area contributed by atoms with Gasteiger partial charge < -0.3 is 9.29 Å². The molecule has 2 saturated carbocycles. The van der Waals surface area contributed by atoms with E-state index in [1.54, 1.807) is 0 Å². The molecular weight excluding hydrogens is 410 g/mol. The Morgan fingerprint density at radius 1 is 1.43 bits per heavy atom. The molecule has 0 aromatic rings. The number of hydrogen-bond donors (Lipinski definition) is 1. The number of fused-ring (bicyclic) bond motifs is 5. The number of rotatable bonds is 8. The van der Waals surface area contributed by atoms with Gasteiger partial charge in [0.25, 0.3) is 0 Å². The van der Waals surface area contributed by atoms with Gasteiger partial charge in [-0.25, -0.2) is 0 Å². The van der Waals surface area contributed by atoms with Crippen LogP contribution in [0.2, 0.25) is 0 Å². The van der Waals surface area contributed by atoms with Gasteiger partial charge in [0.05, 0.1) is 6.10 Å². The summed E-state index contributed by atoms with van der Waals surface area (Å²) in [5, 5.41) is 9.39. The first-order valence-electron chi connectivity index (χ1n) is 12.3. The number of hydrogen-bond acceptors (Lipinski definition) is 4. The summed E-state index contributed by atoms with van der Waals surface area (Å²) < 4.78 is 33.6. The molecule has 0 amide bonds. The van der Waals surface area contributed by atoms with Crippen LogP contribution in [-0.2, 0) is 14.8 Å². The zero-order valence-electron chi connectivity index (χ0n) is 20.3. The molecule has 2 radical (unpaired) electrons. The Bertz CT molecular complexity index is 851. The van der Waals surface area contributed by atoms with Crippen LogP contribution in [0.4, 0.5) is 0 Å². The molecule has 7 heteroatoms. The maximum absolute atomic E-state index is 12.5. The molecule has 3 nitrogen and oxygen atoms in total. The highest BCUT2D eigenvalue weighted by atomic mass is 32.2. The third-order valence-electron chi connectivity index (χ3n) is 8.84. The summed E-state index contributed by atoms with van der Waals surface area (Å²) in [5.41, 5.74) is 4.30. The van der Waals surface area contributed by atoms with Crippen molar-refractivity contribution in [3.05, 3.63) is 34.9 Å². The smallest absolute Gasteiger partial charge is 0.216 e. The van der Waals surface area contributed by atoms with Crippen LogP contribution < -0.4 is 0 Å². The summed E-state index contributed by atoms with van der Waals surface area (Å²) in [6, 6.07) is 0. The first kappa shape index (κ1) is 20.4. The zero-order valence-corrected chi connectivity index (χ0v) is 19.9. The molecule has 30 heavy (non-hydrogen) atoms. The van der Waals surface area contributed by atoms with Crippen molar-refractivity contribution in [1.82, 2.24) is 0 Å². The Morgan fingerprint density at radius 2 is 2.27 bits per heavy atom. The standard InChI is InChI=1S/C23H34B2O3S2/c1-14(9-11-26)18-6-7-19-17-5-4-15-12-16(30(25)27)13-21(28-29-24)23(15,3)20(17)8-10-22(18,19)2/h4-6,14,16,19-21,24-26H,7-13H2,1-3H3/t14?,16-,19?,20?,21+,22-,23+,30?/m1/s1/i24T,25T. The molecule has 162 valence electrons. The Kier molecular flexibility index (Phi) is 5.85. The minimum atomic E-state index is -1.30. The van der Waals surface area contributed by atoms with Gasteiger partial charge in [-0.1, -0.05) is 67.6 Å². The van der Waals surface area contributed by atoms with Crippen LogP contribution in [0.5, 0.6) is 0 Å². The fraction of sp³-hybridized carbons (Fsp3) is 0.739. The van der Waals surface area contributed by atoms with Crippen molar-refractivity contribution in [1.29, 1.82) is 2.67 Å². The van der Waals surface area contributed by atoms with Crippen molar-refractivity contribution in [3.8, 4) is 0 Å². The van der Waals surface area contributed by atoms with Crippen molar-refractivity contribution < 1.29 is 13.5 Å². The van der Waals surface area contributed by atoms with Crippen molar-refractivity contribution in [2.75, 3.05) is 6.61 Å². The zero-order chi connectivity index (χ0) is 23.1. The lowest BCUT2D eigenvalue weighted by Gasteiger charge is -2.57. The van der Waals surface area contributed by atoms with Gasteiger partial charge in [-0.15, -0.1) is 0 Å². The van der Waals surface area contributed by atoms with Crippen LogP contribution in [-0.4, -0.2) is 44.1 Å². The Hall–Kier alpha value is -0.230. The SMILES string of the molecule is [3H][B]SO[C@H]1C[C@H](S(=O)[B][3H])CC2=CC=C3C(CC[C@]4(C)C(C(C)CCO)=CCC34)[C@]21C. The van der Waals surface area contributed by atoms with Crippen LogP contribution in [0, 0.1) is 28.6 Å². The van der Waals surface area contributed by atoms with Crippen LogP contribution in [0.15, 0.2) is 34.9 Å². The Balaban J connectivity index is 1.67. The lowest BCUT2D eigenvalue weighted by molar-refractivity contribution is 0.0147. The van der Waals surface area contributed by atoms with Gasteiger partial charge >= 0.3 is 0 Å². The third-order valence-corrected chi connectivity index (χ3v) is 10.2. The second kappa shape index (κ2) is 8.61. The summed E-state index contributed by atoms with van der Waals surface area (Å²) in [6.07, 6.45) is 12.4. The second-order valence-electron chi connectivity index (χ2n) is 10.1. The maximum Gasteiger partial charge on any atom is 0.216 e. The predicted molar refractivity (Wildman–Crippen MR) is 130 cm³/mol. The van der Waals surface area contributed by atoms with Crippen molar-refractivity contribution in [2.24, 2.45) is 28.6 Å². The van der Waals surface area contributed by atoms with Crippen LogP contribution in [0.25, 0.3) is 0 Å². The molecule has 0 heterocycles. The monoisotopic (exact) mass is 448 g/mol. The van der Waals surface area contributed by atoms with Crippen molar-refractivity contribution in [3.63, 3.8) is 0 Å². The van der Waals surface area contributed by atoms with E-state index < -0.39 is 10.7 Å². The summed E-state index contributed by atoms with van der Waals surface area (Å²) in [7, 11) is 0.978. The fourth-order valence-electron chi connectivity index (χ4n) is 7.12. The van der Waals surface area contributed by atoms with Crippen LogP contribution >= 0.6 is 11.9 Å². The summed E-state index contributed by atoms with van der Waals surface area (Å²) in [6.45, 7) is 7.22. The summed E-state index contributed by atoms with van der Waals surface area (Å²) in [4.78, 5) is 0. The van der Waals surface area contributed by atoms with E-state index in [0.717, 1.165) is 51.1 Å². The topological polar surface area (TPSA) is 46.5 Å². The van der Waals surface area contributed by atoms with Gasteiger partial charge in [-0.05, 0) is 75.0 Å². The second-order valence-corrected chi connectivity index (χ2v) is 11.8. The molecular formula is C23H34B2O3S2. The van der Waals surface area contributed by atoms with E-state index in [4.69, 9.17) is 6.85 Å². The normalized spacial score (nSPS) is 42.9. The van der Waals surface area contributed by atoms with Gasteiger partial charge in [0.1, 0.15) is 0 Å². The van der Waals surface area contributed by atoms with E-state index in [1.165, 1.54) is 23.8 Å². The van der Waals surface area contributed by atoms with Crippen molar-refractivity contribution in [2.45, 2.75) is 70.7 Å². The minimum absolute atomic E-state index is 0.106. The quantitative estimate of drug-likeness (QED) is 0.349. The van der Waals surface area contributed by atoms with Crippen LogP contribution in [0.1, 0.15) is 59.3 Å². The van der Waals surface area contributed by atoms with E-state index in [9.17, 15) is 9.32 Å². The van der Waals surface area contributed by atoms with Gasteiger partial charge in [-0.3, -0.25) is 4.21 Å². The molecule has 0 bridgehead atoms. The minimum Gasteiger partial charge on any atom is -0.396 e. The first-order valence-corrected chi connectivity index (χ1v) is 13.2. The van der Waals surface area contributed by atoms with E-state index in [-0.39, 0.29) is 28.8 Å². The molecule has 0 spiro atoms. The largest absolute Gasteiger partial charge is 0.396 e. The van der Waals surface area contributed by atoms with Gasteiger partial charge in [0, 0.05) is 17.3 Å². The lowest BCUT2D eigenvalue weighted by Crippen LogP contribution is -2.53. The van der Waals surface area contributed by atoms with Gasteiger partial charge in [-0.2, -0.15) is 0 Å². The average molecular weight is 448 g/mol. The molecule has 4 aliphatic carbocycles. The number of allylic oxidation sites excluding steroid dienone is 5. The summed E-state index contributed by atoms with van der Waals surface area (Å²) in [5.74, 6) is 1.27. The first-order chi connectivity index (χ1) is 15.3. The molecule has 4 rings (SSSR count). The number of aliphatic hydroxyl groups is 1. The molecule has 0 aromatic carbocycles. The third kappa shape index (κ3) is 3.47. The molecule has 0 aliphatic heterocycles. The molecule has 0 aromatic heterocycles. The average Bonchev–Trinajstić information content (AvgIpc) is 3.14. The molecule has 1 N–H and O–H groups in total. The van der Waals surface area contributed by atoms with Gasteiger partial charge in [0.15, 0.2) is 0 Å². The highest BCUT2D eigenvalue weighted by Gasteiger charge is 2.57. The molecule has 8 atom stereocenters. The lowest BCUT2D eigenvalue weighted by atomic mass is 9.49. The molecule has 4 unspecified atom stereocenters. The highest BCUT2D eigenvalue weighted by Crippen LogP contribution is 2.65. The predicted octanol–water partition coefficient (Wildman–Crippen LogP) is 3.82. The van der Waals surface area contributed by atoms with E-state index in [1.807, 2.05) is 0 Å². The molecule has 4 aliphatic rings. The molecule has 0 saturated heterocycles. The summed E-state index contributed by atoms with van der Waals surface area (Å²) >= 11 is 1.06. The van der Waals surface area contributed by atoms with Crippen molar-refractivity contribution >= 4 is 36.7 Å². The van der Waals surface area contributed by atoms with Gasteiger partial charge in [0.2, 0.25) is 14.2 Å². The Labute approximate surface area is 193 Å². The van der Waals surface area contributed by atoms with E-state index in [2.05, 4.69) is 39.0 Å². The van der Waals surface area contributed by atoms with Crippen LogP contribution in [0.3, 0.4) is 0 Å². The van der Waals surface area contributed by atoms with E-state index >= 15 is 0 Å². The Morgan fingerprint density at radius 3 is 3.00 bits per heavy atom. The number of aliphatic hydroxyl groups excluding tert-OH is 1. The maximum atomic E-state index is 12.5. The highest BCUT2D eigenvalue weighted by molar-refractivity contribution is 8.15. The van der Waals surface area contributed by atoms with E-state index in [0.29, 0.717) is 24.2 Å². The fourth-order valence-corrected chi connectivity index (χ4v) is 8.24. The molecule has 2 fully saturated rings.